The van der Waals surface area contributed by atoms with Gasteiger partial charge < -0.3 is 9.47 Å². The van der Waals surface area contributed by atoms with E-state index in [1.807, 2.05) is 18.2 Å². The first kappa shape index (κ1) is 11.9. The van der Waals surface area contributed by atoms with Crippen molar-refractivity contribution in [2.45, 2.75) is 26.2 Å². The van der Waals surface area contributed by atoms with Crippen LogP contribution in [0.2, 0.25) is 0 Å². The van der Waals surface area contributed by atoms with Gasteiger partial charge in [-0.25, -0.2) is 0 Å². The van der Waals surface area contributed by atoms with Crippen LogP contribution in [0.25, 0.3) is 0 Å². The summed E-state index contributed by atoms with van der Waals surface area (Å²) in [6, 6.07) is 5.96. The molecule has 0 amide bonds. The Hall–Kier alpha value is -1.18. The molecule has 0 saturated heterocycles. The third kappa shape index (κ3) is 3.46. The molecule has 2 nitrogen and oxygen atoms in total. The van der Waals surface area contributed by atoms with Crippen LogP contribution in [0.4, 0.5) is 0 Å². The van der Waals surface area contributed by atoms with E-state index < -0.39 is 0 Å². The number of unbranched alkanes of at least 4 members (excludes halogenated alkanes) is 1. The Balaban J connectivity index is 2.69. The van der Waals surface area contributed by atoms with E-state index in [2.05, 4.69) is 13.8 Å². The van der Waals surface area contributed by atoms with Crippen molar-refractivity contribution in [3.8, 4) is 11.5 Å². The summed E-state index contributed by atoms with van der Waals surface area (Å²) in [7, 11) is 1.66. The summed E-state index contributed by atoms with van der Waals surface area (Å²) in [4.78, 5) is 0. The molecule has 0 atom stereocenters. The molecule has 0 heterocycles. The minimum Gasteiger partial charge on any atom is -0.493 e. The zero-order valence-electron chi connectivity index (χ0n) is 9.58. The average Bonchev–Trinajstić information content (AvgIpc) is 2.29. The Morgan fingerprint density at radius 1 is 1.27 bits per heavy atom. The lowest BCUT2D eigenvalue weighted by atomic mass is 10.1. The second-order valence-electron chi connectivity index (χ2n) is 3.44. The van der Waals surface area contributed by atoms with Crippen LogP contribution in [-0.4, -0.2) is 13.7 Å². The first-order chi connectivity index (χ1) is 7.31. The van der Waals surface area contributed by atoms with Crippen molar-refractivity contribution in [3.63, 3.8) is 0 Å². The number of ether oxygens (including phenoxy) is 2. The van der Waals surface area contributed by atoms with Crippen molar-refractivity contribution in [1.82, 2.24) is 0 Å². The van der Waals surface area contributed by atoms with E-state index in [0.717, 1.165) is 42.9 Å². The van der Waals surface area contributed by atoms with Crippen LogP contribution in [0.1, 0.15) is 25.3 Å². The molecule has 1 aromatic rings. The van der Waals surface area contributed by atoms with Crippen LogP contribution in [0.15, 0.2) is 18.2 Å². The number of methoxy groups -OCH3 is 1. The van der Waals surface area contributed by atoms with Gasteiger partial charge >= 0.3 is 0 Å². The van der Waals surface area contributed by atoms with Crippen molar-refractivity contribution in [2.75, 3.05) is 13.7 Å². The molecule has 15 heavy (non-hydrogen) atoms. The second kappa shape index (κ2) is 6.33. The maximum absolute atomic E-state index is 5.62. The highest BCUT2D eigenvalue weighted by Crippen LogP contribution is 2.28. The van der Waals surface area contributed by atoms with Crippen LogP contribution >= 0.6 is 0 Å². The minimum atomic E-state index is 0.747. The third-order valence-electron chi connectivity index (χ3n) is 2.27. The second-order valence-corrected chi connectivity index (χ2v) is 3.44. The molecule has 0 spiro atoms. The Labute approximate surface area is 92.2 Å². The fourth-order valence-electron chi connectivity index (χ4n) is 1.31. The van der Waals surface area contributed by atoms with Gasteiger partial charge in [0.05, 0.1) is 13.7 Å². The van der Waals surface area contributed by atoms with Gasteiger partial charge in [0.2, 0.25) is 0 Å². The Morgan fingerprint density at radius 2 is 2.07 bits per heavy atom. The molecule has 0 aliphatic carbocycles. The molecule has 0 aromatic heterocycles. The maximum Gasteiger partial charge on any atom is 0.161 e. The molecule has 0 unspecified atom stereocenters. The van der Waals surface area contributed by atoms with Gasteiger partial charge in [0.15, 0.2) is 11.5 Å². The van der Waals surface area contributed by atoms with Crippen LogP contribution in [0.5, 0.6) is 11.5 Å². The van der Waals surface area contributed by atoms with E-state index in [-0.39, 0.29) is 0 Å². The van der Waals surface area contributed by atoms with E-state index in [0.29, 0.717) is 0 Å². The van der Waals surface area contributed by atoms with Crippen LogP contribution in [0, 0.1) is 6.92 Å². The number of benzene rings is 1. The zero-order chi connectivity index (χ0) is 11.1. The highest BCUT2D eigenvalue weighted by molar-refractivity contribution is 5.43. The standard InChI is InChI=1S/C13H19O2/c1-4-6-9-15-12-8-7-11(5-2)10-13(12)14-3/h7-8,10H,2,4-6,9H2,1,3H3. The van der Waals surface area contributed by atoms with E-state index in [1.54, 1.807) is 7.11 Å². The third-order valence-corrected chi connectivity index (χ3v) is 2.27. The summed E-state index contributed by atoms with van der Waals surface area (Å²) in [6.07, 6.45) is 2.98. The Morgan fingerprint density at radius 3 is 2.67 bits per heavy atom. The van der Waals surface area contributed by atoms with Crippen molar-refractivity contribution < 1.29 is 9.47 Å². The molecular weight excluding hydrogens is 188 g/mol. The van der Waals surface area contributed by atoms with Gasteiger partial charge in [-0.15, -0.1) is 0 Å². The summed E-state index contributed by atoms with van der Waals surface area (Å²) in [5.74, 6) is 1.62. The van der Waals surface area contributed by atoms with Crippen molar-refractivity contribution in [1.29, 1.82) is 0 Å². The maximum atomic E-state index is 5.62. The molecule has 0 aliphatic rings. The minimum absolute atomic E-state index is 0.747. The van der Waals surface area contributed by atoms with E-state index in [4.69, 9.17) is 9.47 Å². The van der Waals surface area contributed by atoms with Gasteiger partial charge in [-0.05, 0) is 37.5 Å². The summed E-state index contributed by atoms with van der Waals surface area (Å²) in [6.45, 7) is 6.73. The lowest BCUT2D eigenvalue weighted by Crippen LogP contribution is -1.99. The van der Waals surface area contributed by atoms with Crippen molar-refractivity contribution in [2.24, 2.45) is 0 Å². The summed E-state index contributed by atoms with van der Waals surface area (Å²) in [5.41, 5.74) is 1.16. The molecule has 1 radical (unpaired) electrons. The molecule has 0 N–H and O–H groups in total. The molecule has 0 aliphatic heterocycles. The Kier molecular flexibility index (Phi) is 5.02. The topological polar surface area (TPSA) is 18.5 Å². The predicted octanol–water partition coefficient (Wildman–Crippen LogP) is 3.25. The molecular formula is C13H19O2. The number of hydrogen-bond donors (Lipinski definition) is 0. The number of rotatable bonds is 6. The smallest absolute Gasteiger partial charge is 0.161 e. The molecule has 83 valence electrons. The lowest BCUT2D eigenvalue weighted by molar-refractivity contribution is 0.288. The van der Waals surface area contributed by atoms with Gasteiger partial charge in [-0.2, -0.15) is 0 Å². The highest BCUT2D eigenvalue weighted by Gasteiger charge is 2.04. The van der Waals surface area contributed by atoms with Gasteiger partial charge in [0.1, 0.15) is 0 Å². The van der Waals surface area contributed by atoms with Gasteiger partial charge in [-0.3, -0.25) is 0 Å². The van der Waals surface area contributed by atoms with E-state index in [1.165, 1.54) is 0 Å². The van der Waals surface area contributed by atoms with Gasteiger partial charge in [-0.1, -0.05) is 19.4 Å². The molecule has 0 bridgehead atoms. The monoisotopic (exact) mass is 207 g/mol. The van der Waals surface area contributed by atoms with Gasteiger partial charge in [0, 0.05) is 0 Å². The molecule has 2 heteroatoms. The van der Waals surface area contributed by atoms with Crippen molar-refractivity contribution >= 4 is 0 Å². The summed E-state index contributed by atoms with van der Waals surface area (Å²) >= 11 is 0. The predicted molar refractivity (Wildman–Crippen MR) is 62.5 cm³/mol. The first-order valence-electron chi connectivity index (χ1n) is 5.40. The van der Waals surface area contributed by atoms with Crippen LogP contribution < -0.4 is 9.47 Å². The average molecular weight is 207 g/mol. The van der Waals surface area contributed by atoms with Crippen LogP contribution in [0.3, 0.4) is 0 Å². The summed E-state index contributed by atoms with van der Waals surface area (Å²) in [5, 5.41) is 0. The fraction of sp³-hybridized carbons (Fsp3) is 0.462. The molecule has 0 saturated carbocycles. The fourth-order valence-corrected chi connectivity index (χ4v) is 1.31. The van der Waals surface area contributed by atoms with E-state index >= 15 is 0 Å². The van der Waals surface area contributed by atoms with Crippen molar-refractivity contribution in [3.05, 3.63) is 30.7 Å². The highest BCUT2D eigenvalue weighted by atomic mass is 16.5. The number of hydrogen-bond acceptors (Lipinski definition) is 2. The molecule has 0 fully saturated rings. The Bertz CT molecular complexity index is 295. The summed E-state index contributed by atoms with van der Waals surface area (Å²) < 4.78 is 10.9. The molecule has 1 aromatic carbocycles. The zero-order valence-corrected chi connectivity index (χ0v) is 9.58. The SMILES string of the molecule is [CH2]Cc1ccc(OCCCC)c(OC)c1. The van der Waals surface area contributed by atoms with Gasteiger partial charge in [0.25, 0.3) is 0 Å². The first-order valence-corrected chi connectivity index (χ1v) is 5.40. The quantitative estimate of drug-likeness (QED) is 0.667. The van der Waals surface area contributed by atoms with E-state index in [9.17, 15) is 0 Å². The van der Waals surface area contributed by atoms with Crippen LogP contribution in [-0.2, 0) is 6.42 Å². The lowest BCUT2D eigenvalue weighted by Gasteiger charge is -2.11. The molecule has 1 rings (SSSR count). The normalized spacial score (nSPS) is 10.1. The largest absolute Gasteiger partial charge is 0.493 e.